The average molecular weight is 295 g/mol. The minimum Gasteiger partial charge on any atom is -0.461 e. The van der Waals surface area contributed by atoms with Gasteiger partial charge in [0.2, 0.25) is 0 Å². The summed E-state index contributed by atoms with van der Waals surface area (Å²) in [5.41, 5.74) is 0. The summed E-state index contributed by atoms with van der Waals surface area (Å²) in [5.74, 6) is 2.09. The van der Waals surface area contributed by atoms with Gasteiger partial charge in [0.1, 0.15) is 6.10 Å². The standard InChI is InChI=1S/C17H23ClO2/c1-4-6-8-9-10-12-14-17(20-15(3)19)16(18)13-11-7-5-2/h2,6-8,10-12,16-17H,4,9,13-14H2,1,3H3/b8-6+,11-7-,12-10-. The van der Waals surface area contributed by atoms with E-state index in [1.54, 1.807) is 6.08 Å². The summed E-state index contributed by atoms with van der Waals surface area (Å²) in [7, 11) is 0. The molecule has 0 N–H and O–H groups in total. The molecule has 0 aliphatic carbocycles. The second-order valence-electron chi connectivity index (χ2n) is 4.29. The van der Waals surface area contributed by atoms with Gasteiger partial charge in [0.05, 0.1) is 5.38 Å². The van der Waals surface area contributed by atoms with E-state index in [1.165, 1.54) is 6.92 Å². The third-order valence-corrected chi connectivity index (χ3v) is 2.96. The number of carbonyl (C=O) groups excluding carboxylic acids is 1. The predicted octanol–water partition coefficient (Wildman–Crippen LogP) is 4.41. The van der Waals surface area contributed by atoms with Crippen LogP contribution in [0.3, 0.4) is 0 Å². The van der Waals surface area contributed by atoms with Crippen molar-refractivity contribution in [2.24, 2.45) is 0 Å². The van der Waals surface area contributed by atoms with Crippen LogP contribution in [0, 0.1) is 12.3 Å². The van der Waals surface area contributed by atoms with Crippen LogP contribution in [-0.2, 0) is 9.53 Å². The highest BCUT2D eigenvalue weighted by atomic mass is 35.5. The molecule has 0 aliphatic rings. The molecule has 0 rings (SSSR count). The van der Waals surface area contributed by atoms with E-state index in [0.717, 1.165) is 12.8 Å². The molecular weight excluding hydrogens is 272 g/mol. The van der Waals surface area contributed by atoms with Crippen LogP contribution in [0.4, 0.5) is 0 Å². The SMILES string of the molecule is C#C/C=C\CC(Cl)C(C/C=C\C/C=C/CC)OC(C)=O. The maximum absolute atomic E-state index is 11.1. The smallest absolute Gasteiger partial charge is 0.302 e. The molecule has 110 valence electrons. The Labute approximate surface area is 127 Å². The Bertz CT molecular complexity index is 388. The van der Waals surface area contributed by atoms with Gasteiger partial charge >= 0.3 is 5.97 Å². The Morgan fingerprint density at radius 3 is 2.55 bits per heavy atom. The fourth-order valence-corrected chi connectivity index (χ4v) is 1.83. The number of rotatable bonds is 9. The van der Waals surface area contributed by atoms with Gasteiger partial charge in [-0.1, -0.05) is 43.2 Å². The van der Waals surface area contributed by atoms with Gasteiger partial charge < -0.3 is 4.74 Å². The molecule has 0 saturated carbocycles. The minimum atomic E-state index is -0.331. The molecule has 3 heteroatoms. The van der Waals surface area contributed by atoms with E-state index < -0.39 is 0 Å². The Morgan fingerprint density at radius 1 is 1.25 bits per heavy atom. The maximum Gasteiger partial charge on any atom is 0.302 e. The van der Waals surface area contributed by atoms with E-state index in [2.05, 4.69) is 25.0 Å². The summed E-state index contributed by atoms with van der Waals surface area (Å²) in [4.78, 5) is 11.1. The van der Waals surface area contributed by atoms with Crippen LogP contribution >= 0.6 is 11.6 Å². The zero-order valence-electron chi connectivity index (χ0n) is 12.2. The number of halogens is 1. The van der Waals surface area contributed by atoms with Crippen molar-refractivity contribution in [1.29, 1.82) is 0 Å². The molecule has 0 aromatic rings. The van der Waals surface area contributed by atoms with Crippen molar-refractivity contribution in [2.45, 2.75) is 51.0 Å². The van der Waals surface area contributed by atoms with Crippen LogP contribution in [0.1, 0.15) is 39.5 Å². The summed E-state index contributed by atoms with van der Waals surface area (Å²) < 4.78 is 5.24. The zero-order valence-corrected chi connectivity index (χ0v) is 13.0. The number of esters is 1. The molecular formula is C17H23ClO2. The molecule has 0 spiro atoms. The normalized spacial score (nSPS) is 14.7. The van der Waals surface area contributed by atoms with Crippen molar-refractivity contribution in [3.8, 4) is 12.3 Å². The number of terminal acetylenes is 1. The molecule has 0 radical (unpaired) electrons. The maximum atomic E-state index is 11.1. The van der Waals surface area contributed by atoms with Crippen molar-refractivity contribution in [3.05, 3.63) is 36.5 Å². The molecule has 0 aromatic heterocycles. The van der Waals surface area contributed by atoms with E-state index in [1.807, 2.05) is 18.2 Å². The predicted molar refractivity (Wildman–Crippen MR) is 85.6 cm³/mol. The number of allylic oxidation sites excluding steroid dienone is 5. The first kappa shape index (κ1) is 18.5. The van der Waals surface area contributed by atoms with E-state index in [0.29, 0.717) is 12.8 Å². The Hall–Kier alpha value is -1.46. The lowest BCUT2D eigenvalue weighted by molar-refractivity contribution is -0.146. The van der Waals surface area contributed by atoms with Crippen LogP contribution < -0.4 is 0 Å². The molecule has 0 saturated heterocycles. The highest BCUT2D eigenvalue weighted by molar-refractivity contribution is 6.21. The lowest BCUT2D eigenvalue weighted by atomic mass is 10.1. The van der Waals surface area contributed by atoms with Gasteiger partial charge in [0.15, 0.2) is 0 Å². The summed E-state index contributed by atoms with van der Waals surface area (Å²) >= 11 is 6.24. The largest absolute Gasteiger partial charge is 0.461 e. The lowest BCUT2D eigenvalue weighted by Gasteiger charge is -2.19. The topological polar surface area (TPSA) is 26.3 Å². The van der Waals surface area contributed by atoms with E-state index >= 15 is 0 Å². The van der Waals surface area contributed by atoms with Crippen LogP contribution in [0.2, 0.25) is 0 Å². The first-order valence-electron chi connectivity index (χ1n) is 6.84. The summed E-state index contributed by atoms with van der Waals surface area (Å²) in [6, 6.07) is 0. The van der Waals surface area contributed by atoms with Crippen LogP contribution in [0.25, 0.3) is 0 Å². The van der Waals surface area contributed by atoms with Crippen molar-refractivity contribution >= 4 is 17.6 Å². The molecule has 0 bridgehead atoms. The fraction of sp³-hybridized carbons (Fsp3) is 0.471. The van der Waals surface area contributed by atoms with Gasteiger partial charge in [-0.05, 0) is 25.3 Å². The number of hydrogen-bond acceptors (Lipinski definition) is 2. The molecule has 0 aliphatic heterocycles. The van der Waals surface area contributed by atoms with Crippen molar-refractivity contribution in [3.63, 3.8) is 0 Å². The fourth-order valence-electron chi connectivity index (χ4n) is 1.57. The van der Waals surface area contributed by atoms with Gasteiger partial charge in [-0.3, -0.25) is 4.79 Å². The van der Waals surface area contributed by atoms with Crippen molar-refractivity contribution < 1.29 is 9.53 Å². The van der Waals surface area contributed by atoms with E-state index in [9.17, 15) is 4.79 Å². The molecule has 2 atom stereocenters. The third kappa shape index (κ3) is 10.5. The van der Waals surface area contributed by atoms with Crippen molar-refractivity contribution in [2.75, 3.05) is 0 Å². The number of alkyl halides is 1. The first-order chi connectivity index (χ1) is 9.61. The molecule has 2 unspecified atom stereocenters. The van der Waals surface area contributed by atoms with Gasteiger partial charge in [-0.2, -0.15) is 0 Å². The highest BCUT2D eigenvalue weighted by Crippen LogP contribution is 2.16. The van der Waals surface area contributed by atoms with Crippen LogP contribution in [0.5, 0.6) is 0 Å². The number of hydrogen-bond donors (Lipinski definition) is 0. The Balaban J connectivity index is 4.33. The lowest BCUT2D eigenvalue weighted by Crippen LogP contribution is -2.26. The number of carbonyl (C=O) groups is 1. The Kier molecular flexibility index (Phi) is 11.7. The molecule has 2 nitrogen and oxygen atoms in total. The van der Waals surface area contributed by atoms with E-state index in [4.69, 9.17) is 22.8 Å². The van der Waals surface area contributed by atoms with Crippen LogP contribution in [0.15, 0.2) is 36.5 Å². The van der Waals surface area contributed by atoms with Gasteiger partial charge in [0.25, 0.3) is 0 Å². The van der Waals surface area contributed by atoms with Gasteiger partial charge in [-0.25, -0.2) is 0 Å². The summed E-state index contributed by atoms with van der Waals surface area (Å²) in [6.07, 6.45) is 19.6. The second-order valence-corrected chi connectivity index (χ2v) is 4.85. The minimum absolute atomic E-state index is 0.278. The van der Waals surface area contributed by atoms with Crippen LogP contribution in [-0.4, -0.2) is 17.5 Å². The van der Waals surface area contributed by atoms with Crippen molar-refractivity contribution in [1.82, 2.24) is 0 Å². The highest BCUT2D eigenvalue weighted by Gasteiger charge is 2.19. The third-order valence-electron chi connectivity index (χ3n) is 2.51. The van der Waals surface area contributed by atoms with E-state index in [-0.39, 0.29) is 17.5 Å². The number of ether oxygens (including phenoxy) is 1. The molecule has 0 aromatic carbocycles. The van der Waals surface area contributed by atoms with Gasteiger partial charge in [0, 0.05) is 13.3 Å². The summed E-state index contributed by atoms with van der Waals surface area (Å²) in [6.45, 7) is 3.49. The molecule has 20 heavy (non-hydrogen) atoms. The molecule has 0 heterocycles. The zero-order chi connectivity index (χ0) is 15.2. The molecule has 0 amide bonds. The molecule has 0 fully saturated rings. The second kappa shape index (κ2) is 12.6. The average Bonchev–Trinajstić information content (AvgIpc) is 2.41. The Morgan fingerprint density at radius 2 is 1.95 bits per heavy atom. The quantitative estimate of drug-likeness (QED) is 0.272. The first-order valence-corrected chi connectivity index (χ1v) is 7.27. The van der Waals surface area contributed by atoms with Gasteiger partial charge in [-0.15, -0.1) is 18.0 Å². The monoisotopic (exact) mass is 294 g/mol. The summed E-state index contributed by atoms with van der Waals surface area (Å²) in [5, 5.41) is -0.278.